The Bertz CT molecular complexity index is 810. The zero-order valence-electron chi connectivity index (χ0n) is 10.8. The van der Waals surface area contributed by atoms with E-state index in [9.17, 15) is 12.8 Å². The van der Waals surface area contributed by atoms with Gasteiger partial charge in [-0.3, -0.25) is 4.72 Å². The molecule has 0 saturated heterocycles. The first-order chi connectivity index (χ1) is 9.70. The van der Waals surface area contributed by atoms with Gasteiger partial charge in [-0.25, -0.2) is 12.8 Å². The van der Waals surface area contributed by atoms with Crippen molar-refractivity contribution in [1.82, 2.24) is 0 Å². The van der Waals surface area contributed by atoms with Gasteiger partial charge < -0.3 is 5.73 Å². The Balaban J connectivity index is 2.45. The minimum atomic E-state index is -4.13. The highest BCUT2D eigenvalue weighted by atomic mass is 35.5. The van der Waals surface area contributed by atoms with E-state index in [0.717, 1.165) is 6.07 Å². The first-order valence-corrected chi connectivity index (χ1v) is 7.98. The summed E-state index contributed by atoms with van der Waals surface area (Å²) in [6.07, 6.45) is 0. The second kappa shape index (κ2) is 5.71. The minimum absolute atomic E-state index is 0.143. The van der Waals surface area contributed by atoms with Crippen molar-refractivity contribution in [3.63, 3.8) is 0 Å². The summed E-state index contributed by atoms with van der Waals surface area (Å²) in [7, 11) is -4.13. The van der Waals surface area contributed by atoms with E-state index in [1.165, 1.54) is 31.2 Å². The van der Waals surface area contributed by atoms with Gasteiger partial charge in [0.25, 0.3) is 10.0 Å². The average molecular weight is 349 g/mol. The molecule has 0 spiro atoms. The third-order valence-corrected chi connectivity index (χ3v) is 4.82. The van der Waals surface area contributed by atoms with Gasteiger partial charge in [0.05, 0.1) is 15.7 Å². The molecule has 0 saturated carbocycles. The van der Waals surface area contributed by atoms with E-state index in [0.29, 0.717) is 0 Å². The van der Waals surface area contributed by atoms with Crippen LogP contribution in [0.5, 0.6) is 0 Å². The van der Waals surface area contributed by atoms with E-state index in [2.05, 4.69) is 4.72 Å². The minimum Gasteiger partial charge on any atom is -0.399 e. The fraction of sp³-hybridized carbons (Fsp3) is 0.0769. The highest BCUT2D eigenvalue weighted by Gasteiger charge is 2.21. The highest BCUT2D eigenvalue weighted by Crippen LogP contribution is 2.28. The van der Waals surface area contributed by atoms with Gasteiger partial charge in [0.1, 0.15) is 10.7 Å². The molecule has 0 fully saturated rings. The highest BCUT2D eigenvalue weighted by molar-refractivity contribution is 7.92. The summed E-state index contributed by atoms with van der Waals surface area (Å²) < 4.78 is 40.7. The van der Waals surface area contributed by atoms with Crippen molar-refractivity contribution in [3.8, 4) is 0 Å². The predicted octanol–water partition coefficient (Wildman–Crippen LogP) is 3.82. The van der Waals surface area contributed by atoms with Crippen molar-refractivity contribution in [2.24, 2.45) is 0 Å². The lowest BCUT2D eigenvalue weighted by atomic mass is 10.2. The third kappa shape index (κ3) is 3.40. The number of nitrogens with one attached hydrogen (secondary N) is 1. The lowest BCUT2D eigenvalue weighted by Crippen LogP contribution is -2.15. The number of hydrogen-bond acceptors (Lipinski definition) is 3. The van der Waals surface area contributed by atoms with Gasteiger partial charge in [0.2, 0.25) is 0 Å². The van der Waals surface area contributed by atoms with Gasteiger partial charge in [-0.1, -0.05) is 23.2 Å². The van der Waals surface area contributed by atoms with Gasteiger partial charge in [-0.05, 0) is 42.8 Å². The van der Waals surface area contributed by atoms with E-state index in [-0.39, 0.29) is 27.0 Å². The quantitative estimate of drug-likeness (QED) is 0.828. The van der Waals surface area contributed by atoms with Crippen LogP contribution in [-0.2, 0) is 10.0 Å². The van der Waals surface area contributed by atoms with Crippen molar-refractivity contribution in [1.29, 1.82) is 0 Å². The summed E-state index contributed by atoms with van der Waals surface area (Å²) in [4.78, 5) is -0.522. The van der Waals surface area contributed by atoms with Crippen LogP contribution < -0.4 is 10.5 Å². The van der Waals surface area contributed by atoms with Crippen LogP contribution in [0.25, 0.3) is 0 Å². The van der Waals surface area contributed by atoms with Crippen LogP contribution >= 0.6 is 23.2 Å². The van der Waals surface area contributed by atoms with Crippen LogP contribution in [0.15, 0.2) is 35.2 Å². The Morgan fingerprint density at radius 1 is 1.14 bits per heavy atom. The normalized spacial score (nSPS) is 11.4. The maximum Gasteiger partial charge on any atom is 0.264 e. The molecule has 2 aromatic rings. The largest absolute Gasteiger partial charge is 0.399 e. The third-order valence-electron chi connectivity index (χ3n) is 2.70. The van der Waals surface area contributed by atoms with Crippen LogP contribution in [0.4, 0.5) is 15.8 Å². The first-order valence-electron chi connectivity index (χ1n) is 5.74. The standard InChI is InChI=1S/C13H11Cl2FN2O2S/c1-7-4-8(17)5-12(13(7)16)21(19,20)18-9-2-3-10(14)11(15)6-9/h2-6,18H,17H2,1H3. The Hall–Kier alpha value is -1.50. The second-order valence-corrected chi connectivity index (χ2v) is 6.85. The van der Waals surface area contributed by atoms with Crippen LogP contribution in [0.1, 0.15) is 5.56 Å². The molecule has 3 N–H and O–H groups in total. The molecule has 0 amide bonds. The molecular formula is C13H11Cl2FN2O2S. The van der Waals surface area contributed by atoms with Gasteiger partial charge in [-0.2, -0.15) is 0 Å². The number of halogens is 3. The molecular weight excluding hydrogens is 338 g/mol. The van der Waals surface area contributed by atoms with E-state index in [4.69, 9.17) is 28.9 Å². The maximum atomic E-state index is 14.0. The van der Waals surface area contributed by atoms with E-state index in [1.54, 1.807) is 0 Å². The maximum absolute atomic E-state index is 14.0. The molecule has 0 aliphatic heterocycles. The van der Waals surface area contributed by atoms with Crippen molar-refractivity contribution in [2.75, 3.05) is 10.5 Å². The van der Waals surface area contributed by atoms with Crippen LogP contribution in [0, 0.1) is 12.7 Å². The van der Waals surface area contributed by atoms with Gasteiger partial charge in [-0.15, -0.1) is 0 Å². The lowest BCUT2D eigenvalue weighted by Gasteiger charge is -2.11. The first kappa shape index (κ1) is 15.9. The Labute approximate surface area is 131 Å². The Morgan fingerprint density at radius 3 is 2.43 bits per heavy atom. The molecule has 0 aromatic heterocycles. The molecule has 0 heterocycles. The molecule has 0 radical (unpaired) electrons. The van der Waals surface area contributed by atoms with Crippen molar-refractivity contribution < 1.29 is 12.8 Å². The number of benzene rings is 2. The van der Waals surface area contributed by atoms with E-state index in [1.807, 2.05) is 0 Å². The number of sulfonamides is 1. The number of rotatable bonds is 3. The van der Waals surface area contributed by atoms with Gasteiger partial charge >= 0.3 is 0 Å². The van der Waals surface area contributed by atoms with Gasteiger partial charge in [0.15, 0.2) is 0 Å². The van der Waals surface area contributed by atoms with Crippen molar-refractivity contribution >= 4 is 44.6 Å². The van der Waals surface area contributed by atoms with E-state index >= 15 is 0 Å². The Morgan fingerprint density at radius 2 is 1.81 bits per heavy atom. The summed E-state index contributed by atoms with van der Waals surface area (Å²) in [6, 6.07) is 6.60. The van der Waals surface area contributed by atoms with Crippen molar-refractivity contribution in [3.05, 3.63) is 51.8 Å². The summed E-state index contributed by atoms with van der Waals surface area (Å²) in [6.45, 7) is 1.43. The average Bonchev–Trinajstić information content (AvgIpc) is 2.37. The summed E-state index contributed by atoms with van der Waals surface area (Å²) in [5, 5.41) is 0.465. The SMILES string of the molecule is Cc1cc(N)cc(S(=O)(=O)Nc2ccc(Cl)c(Cl)c2)c1F. The summed E-state index contributed by atoms with van der Waals surface area (Å²) >= 11 is 11.6. The number of hydrogen-bond donors (Lipinski definition) is 2. The molecule has 4 nitrogen and oxygen atoms in total. The molecule has 0 aliphatic carbocycles. The predicted molar refractivity (Wildman–Crippen MR) is 82.8 cm³/mol. The lowest BCUT2D eigenvalue weighted by molar-refractivity contribution is 0.565. The smallest absolute Gasteiger partial charge is 0.264 e. The summed E-state index contributed by atoms with van der Waals surface area (Å²) in [5.41, 5.74) is 6.03. The molecule has 8 heteroatoms. The van der Waals surface area contributed by atoms with Crippen LogP contribution in [0.2, 0.25) is 10.0 Å². The number of nitrogens with two attached hydrogens (primary N) is 1. The molecule has 0 aliphatic rings. The number of aryl methyl sites for hydroxylation is 1. The zero-order chi connectivity index (χ0) is 15.8. The number of nitrogen functional groups attached to an aromatic ring is 1. The summed E-state index contributed by atoms with van der Waals surface area (Å²) in [5.74, 6) is -0.850. The zero-order valence-corrected chi connectivity index (χ0v) is 13.2. The van der Waals surface area contributed by atoms with Crippen LogP contribution in [0.3, 0.4) is 0 Å². The molecule has 21 heavy (non-hydrogen) atoms. The van der Waals surface area contributed by atoms with E-state index < -0.39 is 20.7 Å². The monoisotopic (exact) mass is 348 g/mol. The Kier molecular flexibility index (Phi) is 4.32. The van der Waals surface area contributed by atoms with Gasteiger partial charge in [0, 0.05) is 5.69 Å². The fourth-order valence-corrected chi connectivity index (χ4v) is 3.26. The molecule has 2 aromatic carbocycles. The molecule has 0 unspecified atom stereocenters. The fourth-order valence-electron chi connectivity index (χ4n) is 1.73. The van der Waals surface area contributed by atoms with Crippen molar-refractivity contribution in [2.45, 2.75) is 11.8 Å². The molecule has 0 atom stereocenters. The molecule has 0 bridgehead atoms. The second-order valence-electron chi connectivity index (χ2n) is 4.38. The molecule has 2 rings (SSSR count). The van der Waals surface area contributed by atoms with Crippen LogP contribution in [-0.4, -0.2) is 8.42 Å². The molecule has 112 valence electrons. The number of anilines is 2. The topological polar surface area (TPSA) is 72.2 Å².